The van der Waals surface area contributed by atoms with Crippen molar-refractivity contribution in [2.45, 2.75) is 26.4 Å². The average Bonchev–Trinajstić information content (AvgIpc) is 3.46. The molecule has 5 aromatic rings. The molecule has 1 N–H and O–H groups in total. The third-order valence-corrected chi connectivity index (χ3v) is 6.45. The van der Waals surface area contributed by atoms with E-state index in [4.69, 9.17) is 14.1 Å². The number of furan rings is 1. The van der Waals surface area contributed by atoms with Crippen LogP contribution in [0.15, 0.2) is 100 Å². The molecule has 1 unspecified atom stereocenters. The molecule has 0 fully saturated rings. The van der Waals surface area contributed by atoms with E-state index in [0.717, 1.165) is 5.56 Å². The molecule has 2 heterocycles. The molecule has 38 heavy (non-hydrogen) atoms. The molecule has 2 amide bonds. The summed E-state index contributed by atoms with van der Waals surface area (Å²) in [5, 5.41) is 3.45. The molecule has 1 atom stereocenters. The van der Waals surface area contributed by atoms with Crippen molar-refractivity contribution >= 4 is 22.6 Å². The zero-order valence-electron chi connectivity index (χ0n) is 21.4. The second-order valence-electron chi connectivity index (χ2n) is 8.98. The number of hydrogen-bond acceptors (Lipinski definition) is 5. The number of aromatic nitrogens is 2. The van der Waals surface area contributed by atoms with Gasteiger partial charge in [0.15, 0.2) is 0 Å². The smallest absolute Gasteiger partial charge is 0.322 e. The van der Waals surface area contributed by atoms with Crippen molar-refractivity contribution in [3.63, 3.8) is 0 Å². The number of aryl methyl sites for hydroxylation is 1. The molecule has 0 saturated carbocycles. The van der Waals surface area contributed by atoms with Gasteiger partial charge < -0.3 is 19.4 Å². The maximum absolute atomic E-state index is 13.8. The van der Waals surface area contributed by atoms with Gasteiger partial charge in [-0.25, -0.2) is 9.78 Å². The van der Waals surface area contributed by atoms with Gasteiger partial charge in [-0.1, -0.05) is 42.0 Å². The number of anilines is 1. The summed E-state index contributed by atoms with van der Waals surface area (Å²) in [5.41, 5.74) is 2.62. The van der Waals surface area contributed by atoms with E-state index in [9.17, 15) is 9.59 Å². The number of nitrogens with one attached hydrogen (secondary N) is 1. The standard InChI is InChI=1S/C30H28N4O4/c1-20-14-16-22(17-15-20)34-28(31-25-11-5-4-10-24(25)29(34)35)21(2)33(19-23-9-8-18-38-23)30(36)32-26-12-6-7-13-27(26)37-3/h4-18,21H,19H2,1-3H3,(H,32,36). The van der Waals surface area contributed by atoms with Crippen LogP contribution in [0.1, 0.15) is 30.1 Å². The summed E-state index contributed by atoms with van der Waals surface area (Å²) in [4.78, 5) is 34.0. The lowest BCUT2D eigenvalue weighted by molar-refractivity contribution is 0.179. The largest absolute Gasteiger partial charge is 0.495 e. The highest BCUT2D eigenvalue weighted by molar-refractivity contribution is 5.91. The molecule has 192 valence electrons. The Morgan fingerprint density at radius 2 is 1.76 bits per heavy atom. The Bertz CT molecular complexity index is 1620. The molecular weight excluding hydrogens is 480 g/mol. The lowest BCUT2D eigenvalue weighted by Crippen LogP contribution is -2.39. The predicted octanol–water partition coefficient (Wildman–Crippen LogP) is 6.09. The van der Waals surface area contributed by atoms with Crippen molar-refractivity contribution in [1.29, 1.82) is 0 Å². The normalized spacial score (nSPS) is 11.8. The molecule has 0 aliphatic rings. The van der Waals surface area contributed by atoms with E-state index in [1.54, 1.807) is 59.2 Å². The third-order valence-electron chi connectivity index (χ3n) is 6.45. The number of hydrogen-bond donors (Lipinski definition) is 1. The summed E-state index contributed by atoms with van der Waals surface area (Å²) in [5.74, 6) is 1.56. The predicted molar refractivity (Wildman–Crippen MR) is 147 cm³/mol. The second kappa shape index (κ2) is 10.6. The highest BCUT2D eigenvalue weighted by Crippen LogP contribution is 2.28. The second-order valence-corrected chi connectivity index (χ2v) is 8.98. The van der Waals surface area contributed by atoms with Gasteiger partial charge in [0.1, 0.15) is 17.3 Å². The number of urea groups is 1. The van der Waals surface area contributed by atoms with Gasteiger partial charge >= 0.3 is 6.03 Å². The highest BCUT2D eigenvalue weighted by Gasteiger charge is 2.28. The lowest BCUT2D eigenvalue weighted by Gasteiger charge is -2.30. The van der Waals surface area contributed by atoms with Crippen LogP contribution in [0.25, 0.3) is 16.6 Å². The van der Waals surface area contributed by atoms with Crippen LogP contribution in [-0.2, 0) is 6.54 Å². The van der Waals surface area contributed by atoms with Crippen molar-refractivity contribution in [3.8, 4) is 11.4 Å². The first kappa shape index (κ1) is 24.8. The van der Waals surface area contributed by atoms with Gasteiger partial charge in [-0.3, -0.25) is 9.36 Å². The van der Waals surface area contributed by atoms with Crippen LogP contribution in [-0.4, -0.2) is 27.6 Å². The molecule has 0 bridgehead atoms. The number of benzene rings is 3. The van der Waals surface area contributed by atoms with Crippen LogP contribution in [0.5, 0.6) is 5.75 Å². The fourth-order valence-electron chi connectivity index (χ4n) is 4.40. The maximum atomic E-state index is 13.8. The number of fused-ring (bicyclic) bond motifs is 1. The van der Waals surface area contributed by atoms with E-state index in [2.05, 4.69) is 5.32 Å². The van der Waals surface area contributed by atoms with Gasteiger partial charge in [-0.15, -0.1) is 0 Å². The van der Waals surface area contributed by atoms with Crippen LogP contribution < -0.4 is 15.6 Å². The van der Waals surface area contributed by atoms with Gasteiger partial charge in [0, 0.05) is 0 Å². The molecule has 0 spiro atoms. The summed E-state index contributed by atoms with van der Waals surface area (Å²) in [6.45, 7) is 4.00. The minimum Gasteiger partial charge on any atom is -0.495 e. The van der Waals surface area contributed by atoms with Gasteiger partial charge in [0.2, 0.25) is 0 Å². The first-order valence-electron chi connectivity index (χ1n) is 12.3. The number of para-hydroxylation sites is 3. The monoisotopic (exact) mass is 508 g/mol. The molecule has 0 aliphatic carbocycles. The Balaban J connectivity index is 1.64. The SMILES string of the molecule is COc1ccccc1NC(=O)N(Cc1ccco1)C(C)c1nc2ccccc2c(=O)n1-c1ccc(C)cc1. The summed E-state index contributed by atoms with van der Waals surface area (Å²) in [6, 6.07) is 24.6. The minimum atomic E-state index is -0.617. The van der Waals surface area contributed by atoms with E-state index in [1.807, 2.05) is 62.4 Å². The Kier molecular flexibility index (Phi) is 6.95. The van der Waals surface area contributed by atoms with Gasteiger partial charge in [-0.05, 0) is 62.4 Å². The number of carbonyl (C=O) groups excluding carboxylic acids is 1. The molecule has 0 saturated heterocycles. The van der Waals surface area contributed by atoms with Gasteiger partial charge in [-0.2, -0.15) is 0 Å². The van der Waals surface area contributed by atoms with Crippen LogP contribution in [0, 0.1) is 6.92 Å². The van der Waals surface area contributed by atoms with E-state index in [-0.39, 0.29) is 12.1 Å². The molecule has 8 nitrogen and oxygen atoms in total. The molecule has 5 rings (SSSR count). The first-order valence-corrected chi connectivity index (χ1v) is 12.3. The highest BCUT2D eigenvalue weighted by atomic mass is 16.5. The van der Waals surface area contributed by atoms with Crippen LogP contribution in [0.4, 0.5) is 10.5 Å². The first-order chi connectivity index (χ1) is 18.5. The number of carbonyl (C=O) groups is 1. The van der Waals surface area contributed by atoms with Crippen molar-refractivity contribution in [3.05, 3.63) is 119 Å². The molecular formula is C30H28N4O4. The molecule has 0 aliphatic heterocycles. The Hall–Kier alpha value is -4.85. The fourth-order valence-corrected chi connectivity index (χ4v) is 4.40. The van der Waals surface area contributed by atoms with Crippen LogP contribution in [0.2, 0.25) is 0 Å². The number of ether oxygens (including phenoxy) is 1. The zero-order valence-corrected chi connectivity index (χ0v) is 21.4. The summed E-state index contributed by atoms with van der Waals surface area (Å²) >= 11 is 0. The van der Waals surface area contributed by atoms with E-state index in [1.165, 1.54) is 0 Å². The number of rotatable bonds is 7. The van der Waals surface area contributed by atoms with Crippen molar-refractivity contribution in [1.82, 2.24) is 14.5 Å². The van der Waals surface area contributed by atoms with Crippen molar-refractivity contribution < 1.29 is 13.9 Å². The number of amides is 2. The summed E-state index contributed by atoms with van der Waals surface area (Å²) < 4.78 is 12.6. The van der Waals surface area contributed by atoms with E-state index < -0.39 is 12.1 Å². The quantitative estimate of drug-likeness (QED) is 0.287. The zero-order chi connectivity index (χ0) is 26.6. The van der Waals surface area contributed by atoms with Crippen LogP contribution in [0.3, 0.4) is 0 Å². The minimum absolute atomic E-state index is 0.158. The molecule has 0 radical (unpaired) electrons. The maximum Gasteiger partial charge on any atom is 0.322 e. The molecule has 3 aromatic carbocycles. The van der Waals surface area contributed by atoms with Crippen molar-refractivity contribution in [2.24, 2.45) is 0 Å². The van der Waals surface area contributed by atoms with E-state index in [0.29, 0.717) is 39.6 Å². The van der Waals surface area contributed by atoms with E-state index >= 15 is 0 Å². The average molecular weight is 509 g/mol. The lowest BCUT2D eigenvalue weighted by atomic mass is 10.1. The Labute approximate surface area is 220 Å². The number of nitrogens with zero attached hydrogens (tertiary/aromatic N) is 3. The Morgan fingerprint density at radius 1 is 1.03 bits per heavy atom. The fraction of sp³-hybridized carbons (Fsp3) is 0.167. The van der Waals surface area contributed by atoms with Gasteiger partial charge in [0.25, 0.3) is 5.56 Å². The molecule has 8 heteroatoms. The Morgan fingerprint density at radius 3 is 2.50 bits per heavy atom. The summed E-state index contributed by atoms with van der Waals surface area (Å²) in [7, 11) is 1.55. The topological polar surface area (TPSA) is 89.6 Å². The third kappa shape index (κ3) is 4.88. The number of methoxy groups -OCH3 is 1. The molecule has 2 aromatic heterocycles. The summed E-state index contributed by atoms with van der Waals surface area (Å²) in [6.07, 6.45) is 1.56. The van der Waals surface area contributed by atoms with Crippen LogP contribution >= 0.6 is 0 Å². The van der Waals surface area contributed by atoms with Gasteiger partial charge in [0.05, 0.1) is 48.2 Å². The van der Waals surface area contributed by atoms with Crippen molar-refractivity contribution in [2.75, 3.05) is 12.4 Å².